The van der Waals surface area contributed by atoms with Crippen molar-refractivity contribution in [3.05, 3.63) is 11.1 Å². The predicted octanol–water partition coefficient (Wildman–Crippen LogP) is 5.22. The van der Waals surface area contributed by atoms with Crippen LogP contribution >= 0.6 is 0 Å². The first kappa shape index (κ1) is 18.6. The van der Waals surface area contributed by atoms with Gasteiger partial charge >= 0.3 is 0 Å². The van der Waals surface area contributed by atoms with Crippen LogP contribution in [0.2, 0.25) is 0 Å². The SMILES string of the molecule is CC.CC1=C(C)C2(CCN(C)CC2)CC1F.CCC. The van der Waals surface area contributed by atoms with Crippen molar-refractivity contribution in [2.24, 2.45) is 5.41 Å². The van der Waals surface area contributed by atoms with E-state index in [0.717, 1.165) is 37.9 Å². The molecular formula is C17H34FN. The van der Waals surface area contributed by atoms with Crippen molar-refractivity contribution in [2.45, 2.75) is 73.4 Å². The topological polar surface area (TPSA) is 3.24 Å². The van der Waals surface area contributed by atoms with Gasteiger partial charge in [-0.1, -0.05) is 39.7 Å². The molecule has 0 N–H and O–H groups in total. The molecule has 114 valence electrons. The largest absolute Gasteiger partial charge is 0.306 e. The lowest BCUT2D eigenvalue weighted by atomic mass is 9.73. The Bertz CT molecular complexity index is 275. The van der Waals surface area contributed by atoms with E-state index < -0.39 is 6.17 Å². The average molecular weight is 271 g/mol. The first-order valence-electron chi connectivity index (χ1n) is 7.97. The van der Waals surface area contributed by atoms with Gasteiger partial charge in [-0.2, -0.15) is 0 Å². The fourth-order valence-electron chi connectivity index (χ4n) is 2.93. The van der Waals surface area contributed by atoms with Crippen LogP contribution in [0.25, 0.3) is 0 Å². The minimum absolute atomic E-state index is 0.218. The standard InChI is InChI=1S/C12H20FN.C3H8.C2H6/c1-9-10(2)12(8-11(9)13)4-6-14(3)7-5-12;1-3-2;1-2/h11H,4-8H2,1-3H3;3H2,1-2H3;1-2H3. The van der Waals surface area contributed by atoms with Gasteiger partial charge in [-0.25, -0.2) is 4.39 Å². The van der Waals surface area contributed by atoms with Crippen LogP contribution in [0.15, 0.2) is 11.1 Å². The summed E-state index contributed by atoms with van der Waals surface area (Å²) in [4.78, 5) is 2.35. The fraction of sp³-hybridized carbons (Fsp3) is 0.882. The number of alkyl halides is 1. The maximum absolute atomic E-state index is 13.6. The number of halogens is 1. The van der Waals surface area contributed by atoms with E-state index in [2.05, 4.69) is 32.7 Å². The van der Waals surface area contributed by atoms with Crippen LogP contribution in [-0.4, -0.2) is 31.2 Å². The van der Waals surface area contributed by atoms with Gasteiger partial charge in [0.1, 0.15) is 6.17 Å². The molecule has 1 aliphatic carbocycles. The summed E-state index contributed by atoms with van der Waals surface area (Å²) in [7, 11) is 2.15. The Labute approximate surface area is 120 Å². The fourth-order valence-corrected chi connectivity index (χ4v) is 2.93. The zero-order valence-electron chi connectivity index (χ0n) is 14.1. The minimum Gasteiger partial charge on any atom is -0.306 e. The predicted molar refractivity (Wildman–Crippen MR) is 84.4 cm³/mol. The molecule has 0 amide bonds. The van der Waals surface area contributed by atoms with Crippen molar-refractivity contribution >= 4 is 0 Å². The zero-order chi connectivity index (χ0) is 15.1. The van der Waals surface area contributed by atoms with Gasteiger partial charge in [-0.15, -0.1) is 0 Å². The third kappa shape index (κ3) is 4.59. The van der Waals surface area contributed by atoms with Gasteiger partial charge in [0.25, 0.3) is 0 Å². The molecule has 0 radical (unpaired) electrons. The minimum atomic E-state index is -0.668. The Hall–Kier alpha value is -0.370. The Morgan fingerprint density at radius 3 is 1.89 bits per heavy atom. The molecule has 0 aromatic rings. The summed E-state index contributed by atoms with van der Waals surface area (Å²) in [5.41, 5.74) is 2.57. The first-order valence-corrected chi connectivity index (χ1v) is 7.97. The highest BCUT2D eigenvalue weighted by atomic mass is 19.1. The second-order valence-corrected chi connectivity index (χ2v) is 5.77. The van der Waals surface area contributed by atoms with Crippen LogP contribution in [0.1, 0.15) is 67.2 Å². The van der Waals surface area contributed by atoms with Gasteiger partial charge < -0.3 is 4.90 Å². The van der Waals surface area contributed by atoms with E-state index in [9.17, 15) is 4.39 Å². The van der Waals surface area contributed by atoms with Crippen molar-refractivity contribution in [2.75, 3.05) is 20.1 Å². The first-order chi connectivity index (χ1) is 8.96. The normalized spacial score (nSPS) is 25.6. The van der Waals surface area contributed by atoms with Gasteiger partial charge in [-0.05, 0) is 64.2 Å². The molecule has 0 aromatic carbocycles. The summed E-state index contributed by atoms with van der Waals surface area (Å²) in [5.74, 6) is 0. The average Bonchev–Trinajstić information content (AvgIpc) is 2.62. The van der Waals surface area contributed by atoms with E-state index in [0.29, 0.717) is 0 Å². The quantitative estimate of drug-likeness (QED) is 0.546. The lowest BCUT2D eigenvalue weighted by molar-refractivity contribution is 0.138. The number of nitrogens with zero attached hydrogens (tertiary/aromatic N) is 1. The maximum Gasteiger partial charge on any atom is 0.122 e. The van der Waals surface area contributed by atoms with E-state index in [1.807, 2.05) is 20.8 Å². The molecule has 1 heterocycles. The molecule has 2 rings (SSSR count). The number of rotatable bonds is 0. The summed E-state index contributed by atoms with van der Waals surface area (Å²) >= 11 is 0. The summed E-state index contributed by atoms with van der Waals surface area (Å²) in [6.45, 7) is 14.6. The smallest absolute Gasteiger partial charge is 0.122 e. The molecule has 19 heavy (non-hydrogen) atoms. The maximum atomic E-state index is 13.6. The van der Waals surface area contributed by atoms with Gasteiger partial charge in [0, 0.05) is 0 Å². The molecule has 1 unspecified atom stereocenters. The lowest BCUT2D eigenvalue weighted by Crippen LogP contribution is -2.37. The highest BCUT2D eigenvalue weighted by Gasteiger charge is 2.43. The van der Waals surface area contributed by atoms with E-state index in [-0.39, 0.29) is 5.41 Å². The molecule has 1 aliphatic heterocycles. The number of hydrogen-bond donors (Lipinski definition) is 0. The lowest BCUT2D eigenvalue weighted by Gasteiger charge is -2.39. The monoisotopic (exact) mass is 271 g/mol. The second kappa shape index (κ2) is 8.73. The molecular weight excluding hydrogens is 237 g/mol. The Balaban J connectivity index is 0.000000573. The van der Waals surface area contributed by atoms with Crippen LogP contribution < -0.4 is 0 Å². The van der Waals surface area contributed by atoms with Crippen LogP contribution in [0, 0.1) is 5.41 Å². The molecule has 1 atom stereocenters. The zero-order valence-corrected chi connectivity index (χ0v) is 14.1. The second-order valence-electron chi connectivity index (χ2n) is 5.77. The molecule has 2 heteroatoms. The van der Waals surface area contributed by atoms with Crippen molar-refractivity contribution in [1.29, 1.82) is 0 Å². The van der Waals surface area contributed by atoms with Crippen molar-refractivity contribution in [3.8, 4) is 0 Å². The number of likely N-dealkylation sites (tertiary alicyclic amines) is 1. The molecule has 0 bridgehead atoms. The molecule has 1 saturated heterocycles. The molecule has 0 aromatic heterocycles. The molecule has 0 saturated carbocycles. The van der Waals surface area contributed by atoms with E-state index in [1.54, 1.807) is 0 Å². The van der Waals surface area contributed by atoms with Crippen LogP contribution in [0.5, 0.6) is 0 Å². The van der Waals surface area contributed by atoms with E-state index in [1.165, 1.54) is 12.0 Å². The summed E-state index contributed by atoms with van der Waals surface area (Å²) in [5, 5.41) is 0. The summed E-state index contributed by atoms with van der Waals surface area (Å²) in [6.07, 6.45) is 3.62. The van der Waals surface area contributed by atoms with Gasteiger partial charge in [0.05, 0.1) is 0 Å². The Kier molecular flexibility index (Phi) is 8.56. The number of allylic oxidation sites excluding steroid dienone is 2. The molecule has 2 aliphatic rings. The van der Waals surface area contributed by atoms with Crippen molar-refractivity contribution in [3.63, 3.8) is 0 Å². The van der Waals surface area contributed by atoms with E-state index in [4.69, 9.17) is 0 Å². The third-order valence-corrected chi connectivity index (χ3v) is 4.37. The van der Waals surface area contributed by atoms with Gasteiger partial charge in [0.2, 0.25) is 0 Å². The van der Waals surface area contributed by atoms with Crippen molar-refractivity contribution < 1.29 is 4.39 Å². The van der Waals surface area contributed by atoms with Crippen molar-refractivity contribution in [1.82, 2.24) is 4.90 Å². The molecule has 1 fully saturated rings. The number of hydrogen-bond acceptors (Lipinski definition) is 1. The van der Waals surface area contributed by atoms with Gasteiger partial charge in [0.15, 0.2) is 0 Å². The number of piperidine rings is 1. The Morgan fingerprint density at radius 1 is 1.16 bits per heavy atom. The highest BCUT2D eigenvalue weighted by molar-refractivity contribution is 5.30. The highest BCUT2D eigenvalue weighted by Crippen LogP contribution is 2.50. The van der Waals surface area contributed by atoms with E-state index >= 15 is 0 Å². The summed E-state index contributed by atoms with van der Waals surface area (Å²) in [6, 6.07) is 0. The van der Waals surface area contributed by atoms with Crippen LogP contribution in [-0.2, 0) is 0 Å². The molecule has 1 nitrogen and oxygen atoms in total. The van der Waals surface area contributed by atoms with Crippen LogP contribution in [0.4, 0.5) is 4.39 Å². The van der Waals surface area contributed by atoms with Gasteiger partial charge in [-0.3, -0.25) is 0 Å². The third-order valence-electron chi connectivity index (χ3n) is 4.37. The Morgan fingerprint density at radius 2 is 1.58 bits per heavy atom. The van der Waals surface area contributed by atoms with Crippen LogP contribution in [0.3, 0.4) is 0 Å². The molecule has 1 spiro atoms. The summed E-state index contributed by atoms with van der Waals surface area (Å²) < 4.78 is 13.6.